The minimum Gasteiger partial charge on any atom is -0.494 e. The van der Waals surface area contributed by atoms with Gasteiger partial charge in [-0.15, -0.1) is 11.3 Å². The normalized spacial score (nSPS) is 15.2. The Morgan fingerprint density at radius 3 is 2.05 bits per heavy atom. The van der Waals surface area contributed by atoms with Crippen molar-refractivity contribution in [3.8, 4) is 11.5 Å². The Morgan fingerprint density at radius 2 is 1.48 bits per heavy atom. The van der Waals surface area contributed by atoms with Gasteiger partial charge in [0, 0.05) is 0 Å². The van der Waals surface area contributed by atoms with Gasteiger partial charge in [-0.2, -0.15) is 0 Å². The van der Waals surface area contributed by atoms with E-state index in [9.17, 15) is 18.0 Å². The zero-order chi connectivity index (χ0) is 31.4. The van der Waals surface area contributed by atoms with Crippen LogP contribution in [-0.2, 0) is 19.4 Å². The number of sulfone groups is 1. The van der Waals surface area contributed by atoms with Gasteiger partial charge in [-0.3, -0.25) is 9.36 Å². The number of carbonyl (C=O) groups is 1. The standard InChI is InChI=1S/C33H32N2O7S2/c1-4-40-23-16-12-21(13-17-23)20-26-31(36)35-30(34)29(44(38,39)25-10-8-7-9-11-25)27(22-14-18-24(19-15-22)41-5-2)28(32(35)43-26)33(37)42-6-3/h7-20,27H,4-6,34H2,1-3H3/b26-20-. The topological polar surface area (TPSA) is 127 Å². The van der Waals surface area contributed by atoms with E-state index in [-0.39, 0.29) is 37.0 Å². The zero-order valence-electron chi connectivity index (χ0n) is 24.5. The van der Waals surface area contributed by atoms with E-state index in [1.807, 2.05) is 13.8 Å². The van der Waals surface area contributed by atoms with E-state index in [0.29, 0.717) is 35.8 Å². The van der Waals surface area contributed by atoms with Crippen LogP contribution in [0.15, 0.2) is 93.5 Å². The van der Waals surface area contributed by atoms with Crippen molar-refractivity contribution in [2.45, 2.75) is 31.6 Å². The molecule has 1 aromatic heterocycles. The highest BCUT2D eigenvalue weighted by Crippen LogP contribution is 2.42. The van der Waals surface area contributed by atoms with Crippen LogP contribution in [0.1, 0.15) is 37.8 Å². The molecule has 5 rings (SSSR count). The quantitative estimate of drug-likeness (QED) is 0.263. The van der Waals surface area contributed by atoms with Gasteiger partial charge in [0.15, 0.2) is 0 Å². The van der Waals surface area contributed by atoms with Crippen LogP contribution in [0.5, 0.6) is 11.5 Å². The number of nitrogens with two attached hydrogens (primary N) is 1. The summed E-state index contributed by atoms with van der Waals surface area (Å²) in [5, 5.41) is 0. The lowest BCUT2D eigenvalue weighted by Crippen LogP contribution is -2.41. The van der Waals surface area contributed by atoms with Gasteiger partial charge in [0.05, 0.1) is 40.7 Å². The molecule has 2 heterocycles. The molecule has 11 heteroatoms. The van der Waals surface area contributed by atoms with Crippen molar-refractivity contribution < 1.29 is 27.4 Å². The number of hydrogen-bond acceptors (Lipinski definition) is 9. The lowest BCUT2D eigenvalue weighted by molar-refractivity contribution is -0.136. The van der Waals surface area contributed by atoms with Crippen LogP contribution >= 0.6 is 11.3 Å². The van der Waals surface area contributed by atoms with Gasteiger partial charge in [0.1, 0.15) is 26.9 Å². The molecule has 4 aromatic rings. The monoisotopic (exact) mass is 632 g/mol. The Labute approximate surface area is 259 Å². The summed E-state index contributed by atoms with van der Waals surface area (Å²) in [7, 11) is -4.31. The Morgan fingerprint density at radius 1 is 0.886 bits per heavy atom. The van der Waals surface area contributed by atoms with E-state index in [4.69, 9.17) is 19.9 Å². The molecule has 3 aromatic carbocycles. The summed E-state index contributed by atoms with van der Waals surface area (Å²) in [6.45, 7) is 6.40. The Kier molecular flexibility index (Phi) is 9.07. The van der Waals surface area contributed by atoms with Gasteiger partial charge < -0.3 is 19.9 Å². The lowest BCUT2D eigenvalue weighted by Gasteiger charge is -2.28. The van der Waals surface area contributed by atoms with E-state index in [0.717, 1.165) is 15.9 Å². The molecule has 0 amide bonds. The minimum atomic E-state index is -4.31. The number of thiazole rings is 1. The van der Waals surface area contributed by atoms with E-state index in [1.165, 1.54) is 12.1 Å². The van der Waals surface area contributed by atoms with Crippen molar-refractivity contribution >= 4 is 44.6 Å². The van der Waals surface area contributed by atoms with Crippen molar-refractivity contribution in [1.29, 1.82) is 0 Å². The molecule has 0 saturated heterocycles. The van der Waals surface area contributed by atoms with Crippen molar-refractivity contribution in [2.24, 2.45) is 5.73 Å². The Balaban J connectivity index is 1.84. The average Bonchev–Trinajstić information content (AvgIpc) is 3.34. The fourth-order valence-corrected chi connectivity index (χ4v) is 7.91. The third kappa shape index (κ3) is 5.80. The van der Waals surface area contributed by atoms with Crippen molar-refractivity contribution in [1.82, 2.24) is 4.57 Å². The van der Waals surface area contributed by atoms with Crippen LogP contribution in [0, 0.1) is 0 Å². The summed E-state index contributed by atoms with van der Waals surface area (Å²) in [5.74, 6) is -0.919. The van der Waals surface area contributed by atoms with E-state index in [2.05, 4.69) is 0 Å². The first kappa shape index (κ1) is 30.8. The molecule has 1 aliphatic rings. The van der Waals surface area contributed by atoms with E-state index >= 15 is 0 Å². The second-order valence-corrected chi connectivity index (χ2v) is 12.6. The number of carbonyl (C=O) groups excluding carboxylic acids is 1. The molecule has 0 radical (unpaired) electrons. The Hall–Kier alpha value is -4.61. The molecule has 44 heavy (non-hydrogen) atoms. The molecule has 1 aliphatic heterocycles. The number of nitrogens with zero attached hydrogens (tertiary/aromatic N) is 1. The van der Waals surface area contributed by atoms with Gasteiger partial charge >= 0.3 is 5.97 Å². The van der Waals surface area contributed by atoms with Gasteiger partial charge in [0.2, 0.25) is 9.84 Å². The molecule has 9 nitrogen and oxygen atoms in total. The number of allylic oxidation sites excluding steroid dienone is 1. The van der Waals surface area contributed by atoms with Crippen LogP contribution in [0.3, 0.4) is 0 Å². The highest BCUT2D eigenvalue weighted by molar-refractivity contribution is 7.95. The maximum absolute atomic E-state index is 14.3. The maximum Gasteiger partial charge on any atom is 0.338 e. The number of aromatic nitrogens is 1. The summed E-state index contributed by atoms with van der Waals surface area (Å²) in [6, 6.07) is 21.8. The number of fused-ring (bicyclic) bond motifs is 1. The smallest absolute Gasteiger partial charge is 0.338 e. The number of ether oxygens (including phenoxy) is 3. The molecule has 1 unspecified atom stereocenters. The predicted molar refractivity (Wildman–Crippen MR) is 170 cm³/mol. The zero-order valence-corrected chi connectivity index (χ0v) is 26.1. The minimum absolute atomic E-state index is 0.00756. The summed E-state index contributed by atoms with van der Waals surface area (Å²) >= 11 is 1.05. The fourth-order valence-electron chi connectivity index (χ4n) is 5.05. The van der Waals surface area contributed by atoms with Crippen LogP contribution < -0.4 is 30.0 Å². The maximum atomic E-state index is 14.3. The predicted octanol–water partition coefficient (Wildman–Crippen LogP) is 3.61. The summed E-state index contributed by atoms with van der Waals surface area (Å²) < 4.78 is 46.8. The molecule has 0 bridgehead atoms. The SMILES string of the molecule is CCOC(=O)C1=c2s/c(=C\c3ccc(OCC)cc3)c(=O)n2C(N)=C(S(=O)(=O)c2ccccc2)C1c1ccc(OCC)cc1. The van der Waals surface area contributed by atoms with Crippen LogP contribution in [-0.4, -0.2) is 38.8 Å². The van der Waals surface area contributed by atoms with Gasteiger partial charge in [-0.05, 0) is 74.4 Å². The van der Waals surface area contributed by atoms with Crippen LogP contribution in [0.2, 0.25) is 0 Å². The molecule has 0 aliphatic carbocycles. The molecular weight excluding hydrogens is 601 g/mol. The molecule has 0 spiro atoms. The third-order valence-electron chi connectivity index (χ3n) is 6.95. The molecule has 2 N–H and O–H groups in total. The largest absolute Gasteiger partial charge is 0.494 e. The molecule has 228 valence electrons. The summed E-state index contributed by atoms with van der Waals surface area (Å²) in [6.07, 6.45) is 1.67. The number of rotatable bonds is 10. The highest BCUT2D eigenvalue weighted by Gasteiger charge is 2.42. The first-order valence-electron chi connectivity index (χ1n) is 14.1. The van der Waals surface area contributed by atoms with Gasteiger partial charge in [0.25, 0.3) is 5.56 Å². The first-order valence-corrected chi connectivity index (χ1v) is 16.4. The first-order chi connectivity index (χ1) is 21.2. The average molecular weight is 633 g/mol. The number of hydrogen-bond donors (Lipinski definition) is 1. The molecular formula is C33H32N2O7S2. The van der Waals surface area contributed by atoms with Crippen molar-refractivity contribution in [2.75, 3.05) is 19.8 Å². The molecule has 1 atom stereocenters. The third-order valence-corrected chi connectivity index (χ3v) is 9.97. The molecule has 0 saturated carbocycles. The van der Waals surface area contributed by atoms with Gasteiger partial charge in [-0.25, -0.2) is 13.2 Å². The summed E-state index contributed by atoms with van der Waals surface area (Å²) in [4.78, 5) is 27.3. The van der Waals surface area contributed by atoms with Crippen LogP contribution in [0.4, 0.5) is 0 Å². The van der Waals surface area contributed by atoms with Crippen molar-refractivity contribution in [3.05, 3.63) is 114 Å². The second kappa shape index (κ2) is 12.9. The van der Waals surface area contributed by atoms with E-state index < -0.39 is 27.3 Å². The highest BCUT2D eigenvalue weighted by atomic mass is 32.2. The lowest BCUT2D eigenvalue weighted by atomic mass is 9.89. The summed E-state index contributed by atoms with van der Waals surface area (Å²) in [5.41, 5.74) is 7.31. The Bertz CT molecular complexity index is 1990. The number of esters is 1. The van der Waals surface area contributed by atoms with E-state index in [1.54, 1.807) is 79.7 Å². The van der Waals surface area contributed by atoms with Crippen LogP contribution in [0.25, 0.3) is 17.5 Å². The second-order valence-electron chi connectivity index (χ2n) is 9.69. The molecule has 0 fully saturated rings. The van der Waals surface area contributed by atoms with Crippen molar-refractivity contribution in [3.63, 3.8) is 0 Å². The number of benzene rings is 3. The fraction of sp³-hybridized carbons (Fsp3) is 0.212. The van der Waals surface area contributed by atoms with Gasteiger partial charge in [-0.1, -0.05) is 42.5 Å².